The Labute approximate surface area is 91.3 Å². The monoisotopic (exact) mass is 192 g/mol. The van der Waals surface area contributed by atoms with Crippen LogP contribution in [0.5, 0.6) is 0 Å². The van der Waals surface area contributed by atoms with E-state index in [1.807, 2.05) is 0 Å². The van der Waals surface area contributed by atoms with Crippen molar-refractivity contribution in [1.82, 2.24) is 0 Å². The smallest absolute Gasteiger partial charge is 0.0654 e. The van der Waals surface area contributed by atoms with Crippen LogP contribution in [0.15, 0.2) is 0 Å². The van der Waals surface area contributed by atoms with Crippen molar-refractivity contribution in [2.24, 2.45) is 17.8 Å². The van der Waals surface area contributed by atoms with E-state index in [9.17, 15) is 0 Å². The highest BCUT2D eigenvalue weighted by atomic mass is 14.5. The van der Waals surface area contributed by atoms with Gasteiger partial charge in [-0.3, -0.25) is 0 Å². The molecule has 0 saturated heterocycles. The third-order valence-corrected chi connectivity index (χ3v) is 4.25. The lowest BCUT2D eigenvalue weighted by Crippen LogP contribution is -2.44. The molecule has 0 amide bonds. The first-order chi connectivity index (χ1) is 6.52. The average Bonchev–Trinajstić information content (AvgIpc) is 2.11. The van der Waals surface area contributed by atoms with Crippen LogP contribution in [0.25, 0.3) is 0 Å². The predicted octanol–water partition coefficient (Wildman–Crippen LogP) is 4.21. The van der Waals surface area contributed by atoms with Gasteiger partial charge < -0.3 is 0 Å². The first-order valence-corrected chi connectivity index (χ1v) is 6.31. The largest absolute Gasteiger partial charge is 0.0753 e. The fourth-order valence-electron chi connectivity index (χ4n) is 3.05. The highest BCUT2D eigenvalue weighted by Crippen LogP contribution is 2.61. The maximum Gasteiger partial charge on any atom is 0.0753 e. The lowest BCUT2D eigenvalue weighted by Gasteiger charge is -2.56. The molecule has 0 N–H and O–H groups in total. The molecule has 2 radical (unpaired) electrons. The summed E-state index contributed by atoms with van der Waals surface area (Å²) in [4.78, 5) is 0. The Kier molecular flexibility index (Phi) is 4.09. The van der Waals surface area contributed by atoms with Crippen LogP contribution in [0, 0.1) is 17.8 Å². The van der Waals surface area contributed by atoms with Gasteiger partial charge in [0.2, 0.25) is 0 Å². The van der Waals surface area contributed by atoms with Crippen molar-refractivity contribution in [3.05, 3.63) is 0 Å². The molecule has 0 nitrogen and oxygen atoms in total. The minimum atomic E-state index is 0.160. The Morgan fingerprint density at radius 2 is 2.00 bits per heavy atom. The third kappa shape index (κ3) is 2.17. The lowest BCUT2D eigenvalue weighted by atomic mass is 9.40. The van der Waals surface area contributed by atoms with E-state index in [2.05, 4.69) is 27.7 Å². The fourth-order valence-corrected chi connectivity index (χ4v) is 3.05. The van der Waals surface area contributed by atoms with Crippen LogP contribution < -0.4 is 0 Å². The standard InChI is InChI=1S/C13H25B/c1-5-6-7-8-12-11(4)9-13(12,14)10(2)3/h10-12H,5-9H2,1-4H3. The van der Waals surface area contributed by atoms with Gasteiger partial charge in [0.15, 0.2) is 0 Å². The molecule has 1 aliphatic carbocycles. The predicted molar refractivity (Wildman–Crippen MR) is 64.7 cm³/mol. The molecule has 80 valence electrons. The second-order valence-electron chi connectivity index (χ2n) is 5.55. The molecule has 1 rings (SSSR count). The highest BCUT2D eigenvalue weighted by molar-refractivity contribution is 6.16. The summed E-state index contributed by atoms with van der Waals surface area (Å²) < 4.78 is 0. The van der Waals surface area contributed by atoms with Crippen LogP contribution in [0.2, 0.25) is 5.31 Å². The van der Waals surface area contributed by atoms with Gasteiger partial charge in [0.25, 0.3) is 0 Å². The SMILES string of the molecule is [B]C1(C(C)C)CC(C)C1CCCCC. The molecular weight excluding hydrogens is 167 g/mol. The Morgan fingerprint density at radius 3 is 2.43 bits per heavy atom. The van der Waals surface area contributed by atoms with E-state index in [4.69, 9.17) is 7.85 Å². The fraction of sp³-hybridized carbons (Fsp3) is 1.00. The molecule has 1 fully saturated rings. The van der Waals surface area contributed by atoms with E-state index in [0.29, 0.717) is 5.92 Å². The molecule has 1 heteroatoms. The van der Waals surface area contributed by atoms with Gasteiger partial charge >= 0.3 is 0 Å². The molecule has 0 spiro atoms. The first kappa shape index (κ1) is 12.1. The van der Waals surface area contributed by atoms with Crippen LogP contribution in [0.3, 0.4) is 0 Å². The molecule has 3 unspecified atom stereocenters. The molecule has 0 aliphatic heterocycles. The number of unbranched alkanes of at least 4 members (excludes halogenated alkanes) is 2. The summed E-state index contributed by atoms with van der Waals surface area (Å²) in [5, 5.41) is 0.160. The minimum Gasteiger partial charge on any atom is -0.0654 e. The quantitative estimate of drug-likeness (QED) is 0.452. The average molecular weight is 192 g/mol. The normalized spacial score (nSPS) is 37.2. The van der Waals surface area contributed by atoms with Crippen molar-refractivity contribution in [2.45, 2.75) is 65.1 Å². The van der Waals surface area contributed by atoms with Crippen molar-refractivity contribution in [1.29, 1.82) is 0 Å². The van der Waals surface area contributed by atoms with Crippen LogP contribution in [-0.2, 0) is 0 Å². The van der Waals surface area contributed by atoms with Crippen LogP contribution in [0.4, 0.5) is 0 Å². The zero-order chi connectivity index (χ0) is 10.8. The van der Waals surface area contributed by atoms with Crippen molar-refractivity contribution >= 4 is 7.85 Å². The summed E-state index contributed by atoms with van der Waals surface area (Å²) >= 11 is 0. The van der Waals surface area contributed by atoms with Crippen molar-refractivity contribution in [3.8, 4) is 0 Å². The zero-order valence-electron chi connectivity index (χ0n) is 10.3. The third-order valence-electron chi connectivity index (χ3n) is 4.25. The van der Waals surface area contributed by atoms with Gasteiger partial charge in [-0.25, -0.2) is 0 Å². The van der Waals surface area contributed by atoms with E-state index in [1.54, 1.807) is 0 Å². The maximum atomic E-state index is 6.46. The molecule has 1 aliphatic rings. The Morgan fingerprint density at radius 1 is 1.36 bits per heavy atom. The van der Waals surface area contributed by atoms with Gasteiger partial charge in [-0.1, -0.05) is 65.1 Å². The van der Waals surface area contributed by atoms with Gasteiger partial charge in [0, 0.05) is 0 Å². The van der Waals surface area contributed by atoms with Gasteiger partial charge in [-0.05, 0) is 17.8 Å². The molecule has 3 atom stereocenters. The highest BCUT2D eigenvalue weighted by Gasteiger charge is 2.48. The van der Waals surface area contributed by atoms with Gasteiger partial charge in [0.1, 0.15) is 0 Å². The Hall–Kier alpha value is 0.0649. The molecule has 1 saturated carbocycles. The van der Waals surface area contributed by atoms with E-state index in [1.165, 1.54) is 32.1 Å². The summed E-state index contributed by atoms with van der Waals surface area (Å²) in [5.74, 6) is 2.29. The molecule has 14 heavy (non-hydrogen) atoms. The van der Waals surface area contributed by atoms with E-state index >= 15 is 0 Å². The van der Waals surface area contributed by atoms with Gasteiger partial charge in [-0.15, -0.1) is 0 Å². The second-order valence-corrected chi connectivity index (χ2v) is 5.55. The van der Waals surface area contributed by atoms with Crippen molar-refractivity contribution < 1.29 is 0 Å². The van der Waals surface area contributed by atoms with Gasteiger partial charge in [0.05, 0.1) is 7.85 Å². The number of rotatable bonds is 5. The summed E-state index contributed by atoms with van der Waals surface area (Å²) in [5.41, 5.74) is 0. The van der Waals surface area contributed by atoms with Gasteiger partial charge in [-0.2, -0.15) is 0 Å². The zero-order valence-corrected chi connectivity index (χ0v) is 10.3. The topological polar surface area (TPSA) is 0 Å². The lowest BCUT2D eigenvalue weighted by molar-refractivity contribution is 0.0568. The van der Waals surface area contributed by atoms with Crippen LogP contribution in [-0.4, -0.2) is 7.85 Å². The second kappa shape index (κ2) is 4.72. The van der Waals surface area contributed by atoms with Crippen molar-refractivity contribution in [3.63, 3.8) is 0 Å². The van der Waals surface area contributed by atoms with E-state index in [0.717, 1.165) is 11.8 Å². The Bertz CT molecular complexity index is 176. The summed E-state index contributed by atoms with van der Waals surface area (Å²) in [6, 6.07) is 0. The summed E-state index contributed by atoms with van der Waals surface area (Å²) in [7, 11) is 6.46. The first-order valence-electron chi connectivity index (χ1n) is 6.31. The van der Waals surface area contributed by atoms with Crippen molar-refractivity contribution in [2.75, 3.05) is 0 Å². The Balaban J connectivity index is 2.41. The van der Waals surface area contributed by atoms with E-state index < -0.39 is 0 Å². The molecule has 0 aromatic rings. The number of hydrogen-bond donors (Lipinski definition) is 0. The molecule has 0 aromatic heterocycles. The number of hydrogen-bond acceptors (Lipinski definition) is 0. The van der Waals surface area contributed by atoms with Crippen LogP contribution in [0.1, 0.15) is 59.8 Å². The molecule has 0 aromatic carbocycles. The van der Waals surface area contributed by atoms with E-state index in [-0.39, 0.29) is 5.31 Å². The maximum absolute atomic E-state index is 6.46. The van der Waals surface area contributed by atoms with Crippen LogP contribution >= 0.6 is 0 Å². The minimum absolute atomic E-state index is 0.160. The molecule has 0 bridgehead atoms. The molecular formula is C13H25B. The molecule has 0 heterocycles. The summed E-state index contributed by atoms with van der Waals surface area (Å²) in [6.07, 6.45) is 6.65. The summed E-state index contributed by atoms with van der Waals surface area (Å²) in [6.45, 7) is 9.18.